The number of amides is 1. The lowest BCUT2D eigenvalue weighted by atomic mass is 10.2. The molecule has 9 heteroatoms. The Labute approximate surface area is 107 Å². The molecule has 18 heavy (non-hydrogen) atoms. The molecule has 100 valence electrons. The Hall–Kier alpha value is -1.25. The number of hydrogen-bond donors (Lipinski definition) is 1. The van der Waals surface area contributed by atoms with Gasteiger partial charge in [-0.3, -0.25) is 4.79 Å². The van der Waals surface area contributed by atoms with E-state index in [1.165, 1.54) is 18.3 Å². The minimum absolute atomic E-state index is 0.246. The lowest BCUT2D eigenvalue weighted by molar-refractivity contribution is -0.267. The Morgan fingerprint density at radius 3 is 2.33 bits per heavy atom. The number of nitrogens with one attached hydrogen (secondary N) is 1. The Kier molecular flexibility index (Phi) is 3.94. The number of carbonyl (C=O) groups is 1. The summed E-state index contributed by atoms with van der Waals surface area (Å²) < 4.78 is 61.5. The minimum atomic E-state index is -5.94. The fraction of sp³-hybridized carbons (Fsp3) is 0.333. The van der Waals surface area contributed by atoms with E-state index in [0.29, 0.717) is 4.47 Å². The quantitative estimate of drug-likeness (QED) is 0.844. The molecule has 0 unspecified atom stereocenters. The van der Waals surface area contributed by atoms with Crippen molar-refractivity contribution in [3.8, 4) is 0 Å². The van der Waals surface area contributed by atoms with Gasteiger partial charge in [0.15, 0.2) is 0 Å². The van der Waals surface area contributed by atoms with E-state index >= 15 is 0 Å². The summed E-state index contributed by atoms with van der Waals surface area (Å²) in [5, 5.41) is 1.44. The molecule has 0 aliphatic carbocycles. The van der Waals surface area contributed by atoms with Crippen LogP contribution in [0, 0.1) is 6.92 Å². The molecule has 1 aromatic heterocycles. The van der Waals surface area contributed by atoms with Crippen LogP contribution < -0.4 is 5.32 Å². The van der Waals surface area contributed by atoms with Gasteiger partial charge in [-0.05, 0) is 34.5 Å². The number of aromatic nitrogens is 1. The number of carbonyl (C=O) groups excluding carboxylic acids is 1. The monoisotopic (exact) mass is 332 g/mol. The minimum Gasteiger partial charge on any atom is -0.305 e. The van der Waals surface area contributed by atoms with Gasteiger partial charge in [0.2, 0.25) is 0 Å². The number of hydrogen-bond acceptors (Lipinski definition) is 2. The smallest absolute Gasteiger partial charge is 0.305 e. The maximum atomic E-state index is 12.6. The van der Waals surface area contributed by atoms with E-state index in [9.17, 15) is 26.7 Å². The van der Waals surface area contributed by atoms with Crippen LogP contribution in [0.15, 0.2) is 16.7 Å². The van der Waals surface area contributed by atoms with Gasteiger partial charge >= 0.3 is 18.0 Å². The molecule has 0 aromatic carbocycles. The van der Waals surface area contributed by atoms with Gasteiger partial charge in [-0.1, -0.05) is 0 Å². The molecular weight excluding hydrogens is 327 g/mol. The highest BCUT2D eigenvalue weighted by molar-refractivity contribution is 9.10. The van der Waals surface area contributed by atoms with Crippen molar-refractivity contribution in [3.63, 3.8) is 0 Å². The van der Waals surface area contributed by atoms with Crippen molar-refractivity contribution in [1.82, 2.24) is 4.98 Å². The Morgan fingerprint density at radius 1 is 1.33 bits per heavy atom. The molecule has 0 saturated carbocycles. The number of alkyl halides is 5. The van der Waals surface area contributed by atoms with E-state index in [2.05, 4.69) is 20.9 Å². The first kappa shape index (κ1) is 14.8. The molecule has 3 nitrogen and oxygen atoms in total. The van der Waals surface area contributed by atoms with Gasteiger partial charge in [-0.25, -0.2) is 4.98 Å². The molecule has 0 atom stereocenters. The van der Waals surface area contributed by atoms with E-state index in [1.54, 1.807) is 0 Å². The highest BCUT2D eigenvalue weighted by Gasteiger charge is 2.63. The van der Waals surface area contributed by atoms with Crippen molar-refractivity contribution >= 4 is 27.7 Å². The third-order valence-corrected chi connectivity index (χ3v) is 2.35. The lowest BCUT2D eigenvalue weighted by Gasteiger charge is -2.18. The highest BCUT2D eigenvalue weighted by atomic mass is 79.9. The van der Waals surface area contributed by atoms with Crippen molar-refractivity contribution in [3.05, 3.63) is 22.3 Å². The number of anilines is 1. The SMILES string of the molecule is Cc1cc(Br)cnc1NC(=O)C(F)(F)C(F)(F)F. The lowest BCUT2D eigenvalue weighted by Crippen LogP contribution is -2.47. The van der Waals surface area contributed by atoms with Gasteiger partial charge in [0.25, 0.3) is 0 Å². The molecule has 0 saturated heterocycles. The number of halogens is 6. The molecule has 1 rings (SSSR count). The zero-order chi connectivity index (χ0) is 14.1. The van der Waals surface area contributed by atoms with E-state index in [-0.39, 0.29) is 11.4 Å². The fourth-order valence-electron chi connectivity index (χ4n) is 0.986. The third kappa shape index (κ3) is 2.95. The largest absolute Gasteiger partial charge is 0.463 e. The number of aryl methyl sites for hydroxylation is 1. The second-order valence-corrected chi connectivity index (χ2v) is 4.26. The Morgan fingerprint density at radius 2 is 1.89 bits per heavy atom. The molecule has 0 bridgehead atoms. The van der Waals surface area contributed by atoms with Gasteiger partial charge in [0.05, 0.1) is 0 Å². The first-order chi connectivity index (χ1) is 8.05. The van der Waals surface area contributed by atoms with Crippen molar-refractivity contribution in [1.29, 1.82) is 0 Å². The molecule has 0 aliphatic rings. The summed E-state index contributed by atoms with van der Waals surface area (Å²) in [4.78, 5) is 14.4. The predicted molar refractivity (Wildman–Crippen MR) is 56.3 cm³/mol. The van der Waals surface area contributed by atoms with Crippen molar-refractivity contribution in [2.24, 2.45) is 0 Å². The Balaban J connectivity index is 2.95. The van der Waals surface area contributed by atoms with Crippen LogP contribution in [0.25, 0.3) is 0 Å². The maximum absolute atomic E-state index is 12.6. The van der Waals surface area contributed by atoms with Crippen molar-refractivity contribution in [2.75, 3.05) is 5.32 Å². The molecule has 0 aliphatic heterocycles. The molecule has 1 N–H and O–H groups in total. The average molecular weight is 333 g/mol. The van der Waals surface area contributed by atoms with E-state index in [4.69, 9.17) is 0 Å². The highest BCUT2D eigenvalue weighted by Crippen LogP contribution is 2.36. The van der Waals surface area contributed by atoms with Gasteiger partial charge in [0.1, 0.15) is 5.82 Å². The summed E-state index contributed by atoms with van der Waals surface area (Å²) in [7, 11) is 0. The zero-order valence-electron chi connectivity index (χ0n) is 8.78. The summed E-state index contributed by atoms with van der Waals surface area (Å²) in [6.07, 6.45) is -4.78. The number of rotatable bonds is 2. The second-order valence-electron chi connectivity index (χ2n) is 3.35. The van der Waals surface area contributed by atoms with Gasteiger partial charge in [0, 0.05) is 10.7 Å². The van der Waals surface area contributed by atoms with Crippen LogP contribution in [0.2, 0.25) is 0 Å². The predicted octanol–water partition coefficient (Wildman–Crippen LogP) is 3.29. The molecule has 1 aromatic rings. The van der Waals surface area contributed by atoms with Crippen LogP contribution in [-0.2, 0) is 4.79 Å². The van der Waals surface area contributed by atoms with Gasteiger partial charge in [-0.2, -0.15) is 22.0 Å². The number of nitrogens with zero attached hydrogens (tertiary/aromatic N) is 1. The standard InChI is InChI=1S/C9H6BrF5N2O/c1-4-2-5(10)3-16-6(4)17-7(18)8(11,12)9(13,14)15/h2-3H,1H3,(H,16,17,18). The summed E-state index contributed by atoms with van der Waals surface area (Å²) in [6.45, 7) is 1.40. The van der Waals surface area contributed by atoms with E-state index < -0.39 is 18.0 Å². The third-order valence-electron chi connectivity index (χ3n) is 1.92. The topological polar surface area (TPSA) is 42.0 Å². The molecule has 1 amide bonds. The van der Waals surface area contributed by atoms with Crippen LogP contribution in [0.3, 0.4) is 0 Å². The maximum Gasteiger partial charge on any atom is 0.463 e. The van der Waals surface area contributed by atoms with Gasteiger partial charge < -0.3 is 5.32 Å². The summed E-state index contributed by atoms with van der Waals surface area (Å²) in [5.74, 6) is -8.28. The Bertz CT molecular complexity index is 475. The van der Waals surface area contributed by atoms with Crippen LogP contribution >= 0.6 is 15.9 Å². The number of pyridine rings is 1. The fourth-order valence-corrected chi connectivity index (χ4v) is 1.43. The van der Waals surface area contributed by atoms with Crippen LogP contribution in [0.4, 0.5) is 27.8 Å². The zero-order valence-corrected chi connectivity index (χ0v) is 10.4. The second kappa shape index (κ2) is 4.79. The van der Waals surface area contributed by atoms with E-state index in [0.717, 1.165) is 6.20 Å². The van der Waals surface area contributed by atoms with Crippen LogP contribution in [0.1, 0.15) is 5.56 Å². The first-order valence-electron chi connectivity index (χ1n) is 4.44. The normalized spacial score (nSPS) is 12.4. The summed E-state index contributed by atoms with van der Waals surface area (Å²) in [6, 6.07) is 1.41. The molecule has 0 spiro atoms. The summed E-state index contributed by atoms with van der Waals surface area (Å²) in [5.41, 5.74) is 0.246. The molecule has 0 fully saturated rings. The van der Waals surface area contributed by atoms with Crippen LogP contribution in [0.5, 0.6) is 0 Å². The molecule has 1 heterocycles. The van der Waals surface area contributed by atoms with E-state index in [1.807, 2.05) is 0 Å². The van der Waals surface area contributed by atoms with Gasteiger partial charge in [-0.15, -0.1) is 0 Å². The van der Waals surface area contributed by atoms with Crippen LogP contribution in [-0.4, -0.2) is 23.0 Å². The van der Waals surface area contributed by atoms with Crippen molar-refractivity contribution in [2.45, 2.75) is 19.0 Å². The van der Waals surface area contributed by atoms with Crippen molar-refractivity contribution < 1.29 is 26.7 Å². The molecule has 0 radical (unpaired) electrons. The average Bonchev–Trinajstić information content (AvgIpc) is 2.20. The summed E-state index contributed by atoms with van der Waals surface area (Å²) >= 11 is 3.03. The molecular formula is C9H6BrF5N2O. The first-order valence-corrected chi connectivity index (χ1v) is 5.23.